The molecule has 0 amide bonds. The summed E-state index contributed by atoms with van der Waals surface area (Å²) in [4.78, 5) is 1.13. The van der Waals surface area contributed by atoms with Crippen LogP contribution in [0.5, 0.6) is 0 Å². The monoisotopic (exact) mass is 464 g/mol. The van der Waals surface area contributed by atoms with E-state index in [1.807, 2.05) is 0 Å². The summed E-state index contributed by atoms with van der Waals surface area (Å²) in [5.41, 5.74) is 2.71. The number of thiol groups is 1. The van der Waals surface area contributed by atoms with Crippen LogP contribution in [0.25, 0.3) is 0 Å². The van der Waals surface area contributed by atoms with Crippen molar-refractivity contribution in [3.05, 3.63) is 29.3 Å². The maximum Gasteiger partial charge on any atom is 0.313 e. The first-order chi connectivity index (χ1) is 13.6. The van der Waals surface area contributed by atoms with Gasteiger partial charge in [-0.1, -0.05) is 51.2 Å². The predicted octanol–water partition coefficient (Wildman–Crippen LogP) is 5.01. The van der Waals surface area contributed by atoms with Crippen molar-refractivity contribution >= 4 is 33.6 Å². The Morgan fingerprint density at radius 3 is 1.93 bits per heavy atom. The van der Waals surface area contributed by atoms with Gasteiger partial charge < -0.3 is 4.74 Å². The van der Waals surface area contributed by atoms with Crippen molar-refractivity contribution in [3.8, 4) is 0 Å². The molecule has 0 saturated carbocycles. The Morgan fingerprint density at radius 2 is 1.45 bits per heavy atom. The van der Waals surface area contributed by atoms with Gasteiger partial charge in [-0.3, -0.25) is 0 Å². The van der Waals surface area contributed by atoms with Gasteiger partial charge in [-0.15, -0.1) is 21.4 Å². The second kappa shape index (κ2) is 16.6. The largest absolute Gasteiger partial charge is 0.330 e. The van der Waals surface area contributed by atoms with Gasteiger partial charge in [-0.2, -0.15) is 16.8 Å². The van der Waals surface area contributed by atoms with E-state index in [1.165, 1.54) is 69.9 Å². The topological polar surface area (TPSA) is 102 Å². The molecule has 0 bridgehead atoms. The van der Waals surface area contributed by atoms with E-state index < -0.39 is 33.5 Å². The Hall–Kier alpha value is -1.23. The summed E-state index contributed by atoms with van der Waals surface area (Å²) in [7, 11) is -5.14. The zero-order valence-corrected chi connectivity index (χ0v) is 20.1. The minimum atomic E-state index is -2.57. The fourth-order valence-corrected chi connectivity index (χ4v) is 3.32. The lowest BCUT2D eigenvalue weighted by Crippen LogP contribution is -2.12. The lowest BCUT2D eigenvalue weighted by Gasteiger charge is -2.07. The molecule has 0 fully saturated rings. The highest BCUT2D eigenvalue weighted by Gasteiger charge is 2.05. The van der Waals surface area contributed by atoms with Gasteiger partial charge in [0.2, 0.25) is 0 Å². The van der Waals surface area contributed by atoms with Crippen molar-refractivity contribution in [1.29, 1.82) is 0 Å². The molecule has 166 valence electrons. The van der Waals surface area contributed by atoms with E-state index >= 15 is 0 Å². The lowest BCUT2D eigenvalue weighted by atomic mass is 10.0. The van der Waals surface area contributed by atoms with Crippen LogP contribution in [0.15, 0.2) is 31.8 Å². The zero-order chi connectivity index (χ0) is 22.2. The van der Waals surface area contributed by atoms with Crippen LogP contribution in [-0.4, -0.2) is 29.3 Å². The fourth-order valence-electron chi connectivity index (χ4n) is 2.50. The van der Waals surface area contributed by atoms with Crippen molar-refractivity contribution in [1.82, 2.24) is 0 Å². The summed E-state index contributed by atoms with van der Waals surface area (Å²) in [6, 6.07) is 6.63. The maximum atomic E-state index is 10.0. The number of unbranched alkanes of at least 4 members (excludes halogenated alkanes) is 5. The molecule has 0 heterocycles. The number of hydrogen-bond donors (Lipinski definition) is 1. The Labute approximate surface area is 183 Å². The number of aryl methyl sites for hydroxylation is 2. The molecule has 0 aromatic heterocycles. The first-order valence-electron chi connectivity index (χ1n) is 9.70. The summed E-state index contributed by atoms with van der Waals surface area (Å²) >= 11 is 4.46. The van der Waals surface area contributed by atoms with E-state index in [0.29, 0.717) is 0 Å². The smallest absolute Gasteiger partial charge is 0.313 e. The van der Waals surface area contributed by atoms with E-state index in [9.17, 15) is 16.8 Å². The maximum absolute atomic E-state index is 10.0. The van der Waals surface area contributed by atoms with Crippen molar-refractivity contribution < 1.29 is 21.6 Å². The molecule has 0 aliphatic rings. The summed E-state index contributed by atoms with van der Waals surface area (Å²) in [5, 5.41) is 0. The number of rotatable bonds is 11. The van der Waals surface area contributed by atoms with Gasteiger partial charge in [0.05, 0.1) is 0 Å². The molecular formula is C19H32N2O5S3. The van der Waals surface area contributed by atoms with Gasteiger partial charge in [-0.25, -0.2) is 0 Å². The number of ether oxygens (including phenoxy) is 1. The number of nitrogens with zero attached hydrogens (tertiary/aromatic N) is 2. The molecule has 2 unspecified atom stereocenters. The third-order valence-corrected chi connectivity index (χ3v) is 5.38. The fraction of sp³-hybridized carbons (Fsp3) is 0.684. The Morgan fingerprint density at radius 1 is 0.931 bits per heavy atom. The molecular weight excluding hydrogens is 432 g/mol. The van der Waals surface area contributed by atoms with Gasteiger partial charge in [0.15, 0.2) is 12.5 Å². The normalized spacial score (nSPS) is 12.3. The molecule has 1 aromatic carbocycles. The molecule has 0 saturated heterocycles. The van der Waals surface area contributed by atoms with Gasteiger partial charge in [0.25, 0.3) is 0 Å². The van der Waals surface area contributed by atoms with E-state index in [0.717, 1.165) is 4.90 Å². The molecule has 7 nitrogen and oxygen atoms in total. The van der Waals surface area contributed by atoms with E-state index in [4.69, 9.17) is 4.74 Å². The summed E-state index contributed by atoms with van der Waals surface area (Å²) in [6.45, 7) is 7.09. The number of benzene rings is 1. The van der Waals surface area contributed by atoms with Crippen molar-refractivity contribution in [2.45, 2.75) is 90.0 Å². The molecule has 0 spiro atoms. The van der Waals surface area contributed by atoms with Crippen LogP contribution in [0.4, 0.5) is 0 Å². The Kier molecular flexibility index (Phi) is 15.9. The highest BCUT2D eigenvalue weighted by molar-refractivity contribution is 7.80. The lowest BCUT2D eigenvalue weighted by molar-refractivity contribution is 0.0212. The van der Waals surface area contributed by atoms with Gasteiger partial charge >= 0.3 is 21.0 Å². The van der Waals surface area contributed by atoms with Crippen LogP contribution in [0.3, 0.4) is 0 Å². The van der Waals surface area contributed by atoms with Crippen LogP contribution in [-0.2, 0) is 32.2 Å². The first-order valence-corrected chi connectivity index (χ1v) is 12.2. The molecule has 2 atom stereocenters. The Bertz CT molecular complexity index is 812. The third-order valence-electron chi connectivity index (χ3n) is 3.96. The molecule has 0 N–H and O–H groups in total. The highest BCUT2D eigenvalue weighted by Crippen LogP contribution is 2.17. The molecule has 10 heteroatoms. The predicted molar refractivity (Wildman–Crippen MR) is 118 cm³/mol. The first kappa shape index (κ1) is 27.8. The number of hydrogen-bond acceptors (Lipinski definition) is 8. The molecule has 0 radical (unpaired) electrons. The average Bonchev–Trinajstić information content (AvgIpc) is 2.60. The summed E-state index contributed by atoms with van der Waals surface area (Å²) < 4.78 is 50.9. The second-order valence-corrected chi connectivity index (χ2v) is 8.39. The molecule has 1 rings (SSSR count). The molecule has 0 aliphatic carbocycles. The molecule has 0 aliphatic heterocycles. The van der Waals surface area contributed by atoms with Crippen LogP contribution in [0.2, 0.25) is 0 Å². The minimum Gasteiger partial charge on any atom is -0.330 e. The minimum absolute atomic E-state index is 0.944. The SMILES string of the molecule is CC(N=S(=O)=O)OC(C)N=S(=O)=O.CCCCCCCCc1ccc(C)c(S)c1. The van der Waals surface area contributed by atoms with E-state index in [2.05, 4.69) is 53.4 Å². The quantitative estimate of drug-likeness (QED) is 0.366. The molecule has 29 heavy (non-hydrogen) atoms. The van der Waals surface area contributed by atoms with Crippen molar-refractivity contribution in [2.24, 2.45) is 8.73 Å². The van der Waals surface area contributed by atoms with E-state index in [-0.39, 0.29) is 0 Å². The van der Waals surface area contributed by atoms with Gasteiger partial charge in [0.1, 0.15) is 0 Å². The third kappa shape index (κ3) is 16.3. The Balaban J connectivity index is 0.000000555. The van der Waals surface area contributed by atoms with Crippen LogP contribution in [0, 0.1) is 6.92 Å². The van der Waals surface area contributed by atoms with Crippen LogP contribution >= 0.6 is 12.6 Å². The van der Waals surface area contributed by atoms with Crippen LogP contribution in [0.1, 0.15) is 70.4 Å². The summed E-state index contributed by atoms with van der Waals surface area (Å²) in [6.07, 6.45) is 7.54. The highest BCUT2D eigenvalue weighted by atomic mass is 32.2. The van der Waals surface area contributed by atoms with Gasteiger partial charge in [-0.05, 0) is 50.8 Å². The molecule has 1 aromatic rings. The van der Waals surface area contributed by atoms with Crippen molar-refractivity contribution in [2.75, 3.05) is 0 Å². The second-order valence-electron chi connectivity index (χ2n) is 6.62. The standard InChI is InChI=1S/C15H24S.C4H8N2O5S2/c1-3-4-5-6-7-8-9-14-11-10-13(2)15(16)12-14;1-3(5-12(7)8)11-4(2)6-13(9)10/h10-12,16H,3-9H2,1-2H3;3-4H,1-2H3. The summed E-state index contributed by atoms with van der Waals surface area (Å²) in [5.74, 6) is 0. The van der Waals surface area contributed by atoms with E-state index in [1.54, 1.807) is 0 Å². The average molecular weight is 465 g/mol. The van der Waals surface area contributed by atoms with Crippen molar-refractivity contribution in [3.63, 3.8) is 0 Å². The zero-order valence-electron chi connectivity index (χ0n) is 17.5. The van der Waals surface area contributed by atoms with Crippen LogP contribution < -0.4 is 0 Å². The van der Waals surface area contributed by atoms with Gasteiger partial charge in [0, 0.05) is 4.90 Å².